The van der Waals surface area contributed by atoms with Gasteiger partial charge in [0.1, 0.15) is 0 Å². The van der Waals surface area contributed by atoms with E-state index in [0.717, 1.165) is 0 Å². The van der Waals surface area contributed by atoms with Gasteiger partial charge in [-0.05, 0) is 0 Å². The molecule has 0 unspecified atom stereocenters. The standard InChI is InChI=1S/C2H4N2O2.Na.H/c3-1(5)2(4)6;;/h(H2,3,5)(H2,4,6);;. The van der Waals surface area contributed by atoms with E-state index in [0.29, 0.717) is 0 Å². The first kappa shape index (κ1) is 10.0. The van der Waals surface area contributed by atoms with Crippen molar-refractivity contribution in [1.82, 2.24) is 0 Å². The van der Waals surface area contributed by atoms with Crippen LogP contribution in [0.25, 0.3) is 0 Å². The molecule has 7 heavy (non-hydrogen) atoms. The number of carbonyl (C=O) groups excluding carboxylic acids is 2. The maximum absolute atomic E-state index is 9.45. The maximum atomic E-state index is 9.45. The van der Waals surface area contributed by atoms with Crippen molar-refractivity contribution in [1.29, 1.82) is 0 Å². The third kappa shape index (κ3) is 5.94. The van der Waals surface area contributed by atoms with Crippen molar-refractivity contribution >= 4 is 41.4 Å². The van der Waals surface area contributed by atoms with Gasteiger partial charge >= 0.3 is 41.4 Å². The SMILES string of the molecule is NC(=O)C(N)=O.[NaH]. The molecule has 0 saturated heterocycles. The van der Waals surface area contributed by atoms with Crippen molar-refractivity contribution in [3.05, 3.63) is 0 Å². The van der Waals surface area contributed by atoms with Crippen LogP contribution in [0.2, 0.25) is 0 Å². The first-order valence-electron chi connectivity index (χ1n) is 1.24. The molecule has 5 heteroatoms. The van der Waals surface area contributed by atoms with E-state index in [2.05, 4.69) is 11.5 Å². The Morgan fingerprint density at radius 2 is 1.14 bits per heavy atom. The second kappa shape index (κ2) is 4.11. The topological polar surface area (TPSA) is 86.2 Å². The third-order valence-corrected chi connectivity index (χ3v) is 0.243. The van der Waals surface area contributed by atoms with E-state index in [-0.39, 0.29) is 29.6 Å². The fourth-order valence-electron chi connectivity index (χ4n) is 0. The summed E-state index contributed by atoms with van der Waals surface area (Å²) in [5, 5.41) is 0. The molecule has 36 valence electrons. The second-order valence-corrected chi connectivity index (χ2v) is 0.729. The molecular weight excluding hydrogens is 107 g/mol. The summed E-state index contributed by atoms with van der Waals surface area (Å²) in [5.74, 6) is -2.20. The Morgan fingerprint density at radius 1 is 1.00 bits per heavy atom. The van der Waals surface area contributed by atoms with Crippen molar-refractivity contribution < 1.29 is 9.59 Å². The summed E-state index contributed by atoms with van der Waals surface area (Å²) in [5.41, 5.74) is 8.64. The van der Waals surface area contributed by atoms with E-state index in [9.17, 15) is 9.59 Å². The Labute approximate surface area is 62.5 Å². The number of primary amides is 2. The predicted molar refractivity (Wildman–Crippen MR) is 25.5 cm³/mol. The van der Waals surface area contributed by atoms with E-state index in [1.165, 1.54) is 0 Å². The number of amides is 2. The molecule has 0 aromatic carbocycles. The molecular formula is C2H5N2NaO2. The van der Waals surface area contributed by atoms with Gasteiger partial charge in [0.2, 0.25) is 0 Å². The Bertz CT molecular complexity index is 79.7. The molecule has 0 bridgehead atoms. The van der Waals surface area contributed by atoms with Crippen LogP contribution in [0, 0.1) is 0 Å². The van der Waals surface area contributed by atoms with Gasteiger partial charge in [0.25, 0.3) is 0 Å². The first-order valence-corrected chi connectivity index (χ1v) is 1.24. The van der Waals surface area contributed by atoms with Crippen LogP contribution in [0.15, 0.2) is 0 Å². The van der Waals surface area contributed by atoms with Crippen LogP contribution in [0.1, 0.15) is 0 Å². The monoisotopic (exact) mass is 112 g/mol. The van der Waals surface area contributed by atoms with Gasteiger partial charge < -0.3 is 11.5 Å². The number of hydrogen-bond donors (Lipinski definition) is 2. The summed E-state index contributed by atoms with van der Waals surface area (Å²) < 4.78 is 0. The molecule has 0 saturated carbocycles. The Kier molecular flexibility index (Phi) is 5.89. The van der Waals surface area contributed by atoms with Crippen molar-refractivity contribution in [2.75, 3.05) is 0 Å². The summed E-state index contributed by atoms with van der Waals surface area (Å²) in [7, 11) is 0. The summed E-state index contributed by atoms with van der Waals surface area (Å²) in [4.78, 5) is 18.9. The summed E-state index contributed by atoms with van der Waals surface area (Å²) in [6, 6.07) is 0. The van der Waals surface area contributed by atoms with Gasteiger partial charge in [-0.2, -0.15) is 0 Å². The Balaban J connectivity index is 0. The average Bonchev–Trinajstić information content (AvgIpc) is 1.36. The zero-order chi connectivity index (χ0) is 5.15. The number of nitrogens with two attached hydrogens (primary N) is 2. The molecule has 0 aliphatic rings. The van der Waals surface area contributed by atoms with Crippen LogP contribution in [0.3, 0.4) is 0 Å². The van der Waals surface area contributed by atoms with Gasteiger partial charge in [-0.15, -0.1) is 0 Å². The van der Waals surface area contributed by atoms with Crippen molar-refractivity contribution in [3.8, 4) is 0 Å². The van der Waals surface area contributed by atoms with E-state index < -0.39 is 11.8 Å². The summed E-state index contributed by atoms with van der Waals surface area (Å²) in [6.45, 7) is 0. The van der Waals surface area contributed by atoms with Gasteiger partial charge in [0.05, 0.1) is 0 Å². The van der Waals surface area contributed by atoms with Gasteiger partial charge in [-0.3, -0.25) is 9.59 Å². The van der Waals surface area contributed by atoms with E-state index in [1.54, 1.807) is 0 Å². The molecule has 4 N–H and O–H groups in total. The minimum absolute atomic E-state index is 0. The summed E-state index contributed by atoms with van der Waals surface area (Å²) >= 11 is 0. The van der Waals surface area contributed by atoms with Crippen LogP contribution in [-0.4, -0.2) is 41.4 Å². The summed E-state index contributed by atoms with van der Waals surface area (Å²) in [6.07, 6.45) is 0. The molecule has 0 atom stereocenters. The zero-order valence-electron chi connectivity index (χ0n) is 2.97. The molecule has 0 heterocycles. The van der Waals surface area contributed by atoms with Crippen LogP contribution < -0.4 is 11.5 Å². The molecule has 0 spiro atoms. The van der Waals surface area contributed by atoms with Crippen molar-refractivity contribution in [3.63, 3.8) is 0 Å². The second-order valence-electron chi connectivity index (χ2n) is 0.729. The fourth-order valence-corrected chi connectivity index (χ4v) is 0. The van der Waals surface area contributed by atoms with Crippen molar-refractivity contribution in [2.24, 2.45) is 11.5 Å². The number of rotatable bonds is 0. The first-order chi connectivity index (χ1) is 2.64. The van der Waals surface area contributed by atoms with E-state index in [1.807, 2.05) is 0 Å². The minimum atomic E-state index is -1.10. The Morgan fingerprint density at radius 3 is 1.14 bits per heavy atom. The predicted octanol–water partition coefficient (Wildman–Crippen LogP) is -2.69. The number of carbonyl (C=O) groups is 2. The molecule has 0 aliphatic carbocycles. The van der Waals surface area contributed by atoms with Crippen LogP contribution in [-0.2, 0) is 9.59 Å². The number of hydrogen-bond acceptors (Lipinski definition) is 2. The van der Waals surface area contributed by atoms with Gasteiger partial charge in [0.15, 0.2) is 0 Å². The fraction of sp³-hybridized carbons (Fsp3) is 0. The molecule has 4 nitrogen and oxygen atoms in total. The van der Waals surface area contributed by atoms with Crippen LogP contribution >= 0.6 is 0 Å². The molecule has 0 aromatic heterocycles. The molecule has 0 fully saturated rings. The van der Waals surface area contributed by atoms with Crippen molar-refractivity contribution in [2.45, 2.75) is 0 Å². The molecule has 0 aromatic rings. The molecule has 0 radical (unpaired) electrons. The normalized spacial score (nSPS) is 6.29. The third-order valence-electron chi connectivity index (χ3n) is 0.243. The van der Waals surface area contributed by atoms with Crippen LogP contribution in [0.5, 0.6) is 0 Å². The molecule has 2 amide bonds. The van der Waals surface area contributed by atoms with Crippen LogP contribution in [0.4, 0.5) is 0 Å². The van der Waals surface area contributed by atoms with Gasteiger partial charge in [-0.25, -0.2) is 0 Å². The quantitative estimate of drug-likeness (QED) is 0.264. The van der Waals surface area contributed by atoms with E-state index in [4.69, 9.17) is 0 Å². The van der Waals surface area contributed by atoms with Gasteiger partial charge in [-0.1, -0.05) is 0 Å². The molecule has 0 aliphatic heterocycles. The van der Waals surface area contributed by atoms with Gasteiger partial charge in [0, 0.05) is 0 Å². The Hall–Kier alpha value is -0.0600. The average molecular weight is 112 g/mol. The molecule has 0 rings (SSSR count). The zero-order valence-corrected chi connectivity index (χ0v) is 2.97. The van der Waals surface area contributed by atoms with E-state index >= 15 is 0 Å².